The van der Waals surface area contributed by atoms with Gasteiger partial charge in [0, 0.05) is 76.6 Å². The summed E-state index contributed by atoms with van der Waals surface area (Å²) in [5, 5.41) is 10.7. The molecule has 7 amide bonds. The highest BCUT2D eigenvalue weighted by atomic mass is 16.5. The standard InChI is InChI=1S/C49H56N10O7/c50-44(61)42-43(33-6-9-36(10-7-33)66-35-4-2-1-3-5-35)53-59-39(14-20-51-45(42)59)32-18-24-56(25-19-32)49(65)57-28-26-54(27-29-57)21-15-31-16-22-55(23-17-31)34-8-11-37-38(30-34)48(64)58(47(37)63)40-12-13-41(60)52-46(40)62/h1-11,30-32,39-40,51H,12-29H2,(H2,50,61)(H,52,60,62). The molecule has 2 unspecified atom stereocenters. The van der Waals surface area contributed by atoms with Crippen LogP contribution in [-0.4, -0.2) is 136 Å². The SMILES string of the molecule is NC(=O)c1c(-c2ccc(Oc3ccccc3)cc2)nn2c1NCCC2C1CCN(C(=O)N2CCN(CCC3CCN(c4ccc5c(c4)C(=O)N(C4CCC(=O)NC4=O)C5=O)CC3)CC2)CC1. The summed E-state index contributed by atoms with van der Waals surface area (Å²) in [5.74, 6) is 0.449. The van der Waals surface area contributed by atoms with Gasteiger partial charge >= 0.3 is 6.03 Å². The van der Waals surface area contributed by atoms with Crippen LogP contribution in [0, 0.1) is 11.8 Å². The molecule has 6 aliphatic rings. The maximum Gasteiger partial charge on any atom is 0.320 e. The normalized spacial score (nSPS) is 21.9. The summed E-state index contributed by atoms with van der Waals surface area (Å²) in [5.41, 5.74) is 9.20. The van der Waals surface area contributed by atoms with Gasteiger partial charge in [0.2, 0.25) is 11.8 Å². The smallest absolute Gasteiger partial charge is 0.320 e. The number of piperazine rings is 1. The number of nitrogens with two attached hydrogens (primary N) is 1. The number of carbonyl (C=O) groups is 6. The van der Waals surface area contributed by atoms with Crippen molar-refractivity contribution < 1.29 is 33.5 Å². The van der Waals surface area contributed by atoms with Gasteiger partial charge in [-0.2, -0.15) is 5.10 Å². The number of aromatic nitrogens is 2. The summed E-state index contributed by atoms with van der Waals surface area (Å²) in [4.78, 5) is 87.1. The van der Waals surface area contributed by atoms with E-state index in [-0.39, 0.29) is 24.9 Å². The fourth-order valence-electron chi connectivity index (χ4n) is 10.8. The lowest BCUT2D eigenvalue weighted by molar-refractivity contribution is -0.136. The lowest BCUT2D eigenvalue weighted by Crippen LogP contribution is -2.54. The van der Waals surface area contributed by atoms with Crippen molar-refractivity contribution in [1.29, 1.82) is 0 Å². The molecule has 0 radical (unpaired) electrons. The average Bonchev–Trinajstić information content (AvgIpc) is 3.86. The number of rotatable bonds is 10. The van der Waals surface area contributed by atoms with Crippen LogP contribution in [0.1, 0.15) is 88.5 Å². The number of amides is 7. The Labute approximate surface area is 383 Å². The molecule has 7 heterocycles. The first-order valence-electron chi connectivity index (χ1n) is 23.5. The zero-order valence-corrected chi connectivity index (χ0v) is 37.0. The van der Waals surface area contributed by atoms with Crippen molar-refractivity contribution in [2.45, 2.75) is 63.5 Å². The molecule has 3 aromatic carbocycles. The Hall–Kier alpha value is -6.75. The molecule has 17 heteroatoms. The number of likely N-dealkylation sites (tertiary alicyclic amines) is 1. The van der Waals surface area contributed by atoms with Crippen LogP contribution in [0.2, 0.25) is 0 Å². The molecule has 1 aromatic heterocycles. The summed E-state index contributed by atoms with van der Waals surface area (Å²) in [7, 11) is 0. The molecule has 0 bridgehead atoms. The van der Waals surface area contributed by atoms with Gasteiger partial charge in [0.15, 0.2) is 0 Å². The van der Waals surface area contributed by atoms with Crippen molar-refractivity contribution in [2.24, 2.45) is 17.6 Å². The number of para-hydroxylation sites is 1. The summed E-state index contributed by atoms with van der Waals surface area (Å²) >= 11 is 0. The number of urea groups is 1. The summed E-state index contributed by atoms with van der Waals surface area (Å²) in [6, 6.07) is 21.7. The number of fused-ring (bicyclic) bond motifs is 2. The number of benzene rings is 3. The van der Waals surface area contributed by atoms with Crippen LogP contribution in [0.3, 0.4) is 0 Å². The molecular formula is C49H56N10O7. The molecule has 344 valence electrons. The van der Waals surface area contributed by atoms with E-state index in [0.717, 1.165) is 93.1 Å². The summed E-state index contributed by atoms with van der Waals surface area (Å²) < 4.78 is 7.95. The van der Waals surface area contributed by atoms with Crippen LogP contribution in [0.5, 0.6) is 11.5 Å². The van der Waals surface area contributed by atoms with Gasteiger partial charge in [-0.1, -0.05) is 18.2 Å². The Morgan fingerprint density at radius 3 is 2.15 bits per heavy atom. The van der Waals surface area contributed by atoms with E-state index < -0.39 is 35.6 Å². The minimum atomic E-state index is -0.977. The highest BCUT2D eigenvalue weighted by molar-refractivity contribution is 6.23. The van der Waals surface area contributed by atoms with Gasteiger partial charge < -0.3 is 30.5 Å². The number of anilines is 2. The van der Waals surface area contributed by atoms with Gasteiger partial charge in [-0.15, -0.1) is 0 Å². The first-order chi connectivity index (χ1) is 32.1. The van der Waals surface area contributed by atoms with E-state index in [1.54, 1.807) is 12.1 Å². The highest BCUT2D eigenvalue weighted by Gasteiger charge is 2.45. The van der Waals surface area contributed by atoms with E-state index in [1.165, 1.54) is 0 Å². The second-order valence-corrected chi connectivity index (χ2v) is 18.4. The van der Waals surface area contributed by atoms with E-state index in [2.05, 4.69) is 20.4 Å². The summed E-state index contributed by atoms with van der Waals surface area (Å²) in [6.07, 6.45) is 5.92. The first kappa shape index (κ1) is 43.2. The Bertz CT molecular complexity index is 2520. The lowest BCUT2D eigenvalue weighted by atomic mass is 9.87. The number of hydrogen-bond donors (Lipinski definition) is 3. The largest absolute Gasteiger partial charge is 0.457 e. The van der Waals surface area contributed by atoms with Gasteiger partial charge in [0.25, 0.3) is 17.7 Å². The molecule has 10 rings (SSSR count). The predicted octanol–water partition coefficient (Wildman–Crippen LogP) is 4.96. The molecule has 4 saturated heterocycles. The number of piperidine rings is 3. The molecule has 0 spiro atoms. The zero-order valence-electron chi connectivity index (χ0n) is 37.0. The van der Waals surface area contributed by atoms with E-state index in [9.17, 15) is 28.8 Å². The van der Waals surface area contributed by atoms with Gasteiger partial charge in [-0.05, 0) is 118 Å². The predicted molar refractivity (Wildman–Crippen MR) is 245 cm³/mol. The Kier molecular flexibility index (Phi) is 11.9. The number of nitrogens with zero attached hydrogens (tertiary/aromatic N) is 7. The quantitative estimate of drug-likeness (QED) is 0.182. The highest BCUT2D eigenvalue weighted by Crippen LogP contribution is 2.41. The molecule has 66 heavy (non-hydrogen) atoms. The Morgan fingerprint density at radius 1 is 0.742 bits per heavy atom. The van der Waals surface area contributed by atoms with Crippen LogP contribution >= 0.6 is 0 Å². The average molecular weight is 897 g/mol. The molecule has 4 aromatic rings. The van der Waals surface area contributed by atoms with E-state index in [1.807, 2.05) is 75.1 Å². The van der Waals surface area contributed by atoms with Crippen molar-refractivity contribution in [3.63, 3.8) is 0 Å². The molecule has 6 aliphatic heterocycles. The first-order valence-corrected chi connectivity index (χ1v) is 23.5. The van der Waals surface area contributed by atoms with Gasteiger partial charge in [0.1, 0.15) is 34.6 Å². The second kappa shape index (κ2) is 18.3. The zero-order chi connectivity index (χ0) is 45.5. The minimum Gasteiger partial charge on any atom is -0.457 e. The van der Waals surface area contributed by atoms with Crippen molar-refractivity contribution in [1.82, 2.24) is 34.7 Å². The molecule has 4 fully saturated rings. The van der Waals surface area contributed by atoms with Crippen molar-refractivity contribution in [3.8, 4) is 22.8 Å². The number of nitrogens with one attached hydrogen (secondary N) is 2. The minimum absolute atomic E-state index is 0.0819. The van der Waals surface area contributed by atoms with Crippen molar-refractivity contribution >= 4 is 47.1 Å². The monoisotopic (exact) mass is 896 g/mol. The molecule has 0 saturated carbocycles. The Balaban J connectivity index is 0.673. The third-order valence-corrected chi connectivity index (χ3v) is 14.6. The number of hydrogen-bond acceptors (Lipinski definition) is 11. The van der Waals surface area contributed by atoms with Gasteiger partial charge in [0.05, 0.1) is 17.2 Å². The van der Waals surface area contributed by atoms with Crippen LogP contribution < -0.4 is 26.0 Å². The summed E-state index contributed by atoms with van der Waals surface area (Å²) in [6.45, 7) is 7.87. The fourth-order valence-corrected chi connectivity index (χ4v) is 10.8. The Morgan fingerprint density at radius 2 is 1.44 bits per heavy atom. The third kappa shape index (κ3) is 8.47. The van der Waals surface area contributed by atoms with Crippen LogP contribution in [0.15, 0.2) is 72.8 Å². The number of imide groups is 2. The van der Waals surface area contributed by atoms with Crippen molar-refractivity contribution in [3.05, 3.63) is 89.5 Å². The molecule has 0 aliphatic carbocycles. The maximum absolute atomic E-state index is 13.8. The molecule has 4 N–H and O–H groups in total. The molecule has 17 nitrogen and oxygen atoms in total. The van der Waals surface area contributed by atoms with Gasteiger partial charge in [-0.3, -0.25) is 39.1 Å². The van der Waals surface area contributed by atoms with Crippen LogP contribution in [0.4, 0.5) is 16.3 Å². The number of ether oxygens (including phenoxy) is 1. The van der Waals surface area contributed by atoms with E-state index in [0.29, 0.717) is 78.5 Å². The van der Waals surface area contributed by atoms with Crippen LogP contribution in [0.25, 0.3) is 11.3 Å². The van der Waals surface area contributed by atoms with E-state index >= 15 is 0 Å². The molecule has 2 atom stereocenters. The van der Waals surface area contributed by atoms with Crippen LogP contribution in [-0.2, 0) is 9.59 Å². The van der Waals surface area contributed by atoms with E-state index in [4.69, 9.17) is 15.6 Å². The topological polar surface area (TPSA) is 196 Å². The lowest BCUT2D eigenvalue weighted by Gasteiger charge is -2.42. The second-order valence-electron chi connectivity index (χ2n) is 18.4. The third-order valence-electron chi connectivity index (χ3n) is 14.6. The molecular weight excluding hydrogens is 841 g/mol. The number of carbonyl (C=O) groups excluding carboxylic acids is 6. The fraction of sp³-hybridized carbons (Fsp3) is 0.449. The van der Waals surface area contributed by atoms with Gasteiger partial charge in [-0.25, -0.2) is 9.48 Å². The van der Waals surface area contributed by atoms with Crippen molar-refractivity contribution in [2.75, 3.05) is 75.7 Å². The number of primary amides is 1. The maximum atomic E-state index is 13.8.